The van der Waals surface area contributed by atoms with E-state index in [1.54, 1.807) is 23.5 Å². The zero-order chi connectivity index (χ0) is 17.6. The van der Waals surface area contributed by atoms with Crippen LogP contribution in [-0.4, -0.2) is 65.3 Å². The van der Waals surface area contributed by atoms with Crippen molar-refractivity contribution in [1.82, 2.24) is 20.0 Å². The molecule has 1 aromatic heterocycles. The molecule has 3 rings (SSSR count). The molecule has 136 valence electrons. The SMILES string of the molecule is CCN1CCN(C(C)CNc2nnc(Cc3ccc(F)cc3)s2)CC1. The third kappa shape index (κ3) is 5.20. The average molecular weight is 364 g/mol. The van der Waals surface area contributed by atoms with E-state index in [2.05, 4.69) is 39.2 Å². The molecule has 1 fully saturated rings. The molecule has 1 saturated heterocycles. The predicted octanol–water partition coefficient (Wildman–Crippen LogP) is 2.71. The van der Waals surface area contributed by atoms with Crippen molar-refractivity contribution < 1.29 is 4.39 Å². The van der Waals surface area contributed by atoms with Crippen LogP contribution in [0.3, 0.4) is 0 Å². The number of piperazine rings is 1. The van der Waals surface area contributed by atoms with Crippen LogP contribution >= 0.6 is 11.3 Å². The van der Waals surface area contributed by atoms with E-state index in [9.17, 15) is 4.39 Å². The van der Waals surface area contributed by atoms with Crippen molar-refractivity contribution >= 4 is 16.5 Å². The standard InChI is InChI=1S/C18H26FN5S/c1-3-23-8-10-24(11-9-23)14(2)13-20-18-22-21-17(25-18)12-15-4-6-16(19)7-5-15/h4-7,14H,3,8-13H2,1-2H3,(H,20,22). The normalized spacial score (nSPS) is 17.6. The first-order valence-corrected chi connectivity index (χ1v) is 9.73. The lowest BCUT2D eigenvalue weighted by Gasteiger charge is -2.37. The molecule has 0 amide bonds. The number of benzene rings is 1. The van der Waals surface area contributed by atoms with Gasteiger partial charge in [0.1, 0.15) is 10.8 Å². The summed E-state index contributed by atoms with van der Waals surface area (Å²) in [5.41, 5.74) is 1.05. The topological polar surface area (TPSA) is 44.3 Å². The van der Waals surface area contributed by atoms with Crippen molar-refractivity contribution in [1.29, 1.82) is 0 Å². The van der Waals surface area contributed by atoms with E-state index in [0.29, 0.717) is 12.5 Å². The van der Waals surface area contributed by atoms with Crippen LogP contribution < -0.4 is 5.32 Å². The van der Waals surface area contributed by atoms with Gasteiger partial charge in [0, 0.05) is 45.2 Å². The van der Waals surface area contributed by atoms with Crippen LogP contribution in [0.4, 0.5) is 9.52 Å². The highest BCUT2D eigenvalue weighted by molar-refractivity contribution is 7.15. The van der Waals surface area contributed by atoms with Crippen LogP contribution in [0.15, 0.2) is 24.3 Å². The van der Waals surface area contributed by atoms with Gasteiger partial charge in [-0.15, -0.1) is 10.2 Å². The molecule has 0 saturated carbocycles. The van der Waals surface area contributed by atoms with Gasteiger partial charge in [0.05, 0.1) is 0 Å². The largest absolute Gasteiger partial charge is 0.359 e. The molecule has 1 aliphatic rings. The molecular formula is C18H26FN5S. The van der Waals surface area contributed by atoms with Crippen molar-refractivity contribution in [3.63, 3.8) is 0 Å². The Balaban J connectivity index is 1.46. The minimum absolute atomic E-state index is 0.211. The first kappa shape index (κ1) is 18.2. The fourth-order valence-electron chi connectivity index (χ4n) is 3.06. The highest BCUT2D eigenvalue weighted by atomic mass is 32.1. The number of anilines is 1. The van der Waals surface area contributed by atoms with Gasteiger partial charge in [-0.05, 0) is 31.2 Å². The molecule has 1 aromatic carbocycles. The van der Waals surface area contributed by atoms with E-state index in [1.807, 2.05) is 0 Å². The van der Waals surface area contributed by atoms with Crippen LogP contribution in [0.1, 0.15) is 24.4 Å². The zero-order valence-corrected chi connectivity index (χ0v) is 15.7. The van der Waals surface area contributed by atoms with Crippen LogP contribution in [0.25, 0.3) is 0 Å². The predicted molar refractivity (Wildman–Crippen MR) is 101 cm³/mol. The minimum atomic E-state index is -0.211. The molecule has 2 heterocycles. The molecule has 1 atom stereocenters. The number of likely N-dealkylation sites (N-methyl/N-ethyl adjacent to an activating group) is 1. The van der Waals surface area contributed by atoms with Gasteiger partial charge in [0.25, 0.3) is 0 Å². The van der Waals surface area contributed by atoms with Crippen LogP contribution in [0.2, 0.25) is 0 Å². The van der Waals surface area contributed by atoms with Crippen molar-refractivity contribution in [3.8, 4) is 0 Å². The van der Waals surface area contributed by atoms with Gasteiger partial charge in [-0.3, -0.25) is 4.90 Å². The molecule has 0 radical (unpaired) electrons. The van der Waals surface area contributed by atoms with E-state index in [1.165, 1.54) is 12.1 Å². The Morgan fingerprint density at radius 1 is 1.16 bits per heavy atom. The van der Waals surface area contributed by atoms with Crippen molar-refractivity contribution in [3.05, 3.63) is 40.7 Å². The Morgan fingerprint density at radius 3 is 2.56 bits per heavy atom. The number of nitrogens with one attached hydrogen (secondary N) is 1. The molecule has 1 N–H and O–H groups in total. The van der Waals surface area contributed by atoms with Gasteiger partial charge in [-0.1, -0.05) is 30.4 Å². The van der Waals surface area contributed by atoms with E-state index in [-0.39, 0.29) is 5.82 Å². The lowest BCUT2D eigenvalue weighted by molar-refractivity contribution is 0.110. The molecule has 1 unspecified atom stereocenters. The Bertz CT molecular complexity index is 652. The number of aromatic nitrogens is 2. The summed E-state index contributed by atoms with van der Waals surface area (Å²) < 4.78 is 13.0. The zero-order valence-electron chi connectivity index (χ0n) is 14.9. The summed E-state index contributed by atoms with van der Waals surface area (Å²) >= 11 is 1.57. The van der Waals surface area contributed by atoms with Gasteiger partial charge in [-0.25, -0.2) is 4.39 Å². The summed E-state index contributed by atoms with van der Waals surface area (Å²) in [6.07, 6.45) is 0.689. The summed E-state index contributed by atoms with van der Waals surface area (Å²) in [5, 5.41) is 13.7. The van der Waals surface area contributed by atoms with Gasteiger partial charge >= 0.3 is 0 Å². The fourth-order valence-corrected chi connectivity index (χ4v) is 3.84. The summed E-state index contributed by atoms with van der Waals surface area (Å²) in [7, 11) is 0. The quantitative estimate of drug-likeness (QED) is 0.819. The number of halogens is 1. The second kappa shape index (κ2) is 8.69. The highest BCUT2D eigenvalue weighted by Gasteiger charge is 2.20. The van der Waals surface area contributed by atoms with Crippen LogP contribution in [-0.2, 0) is 6.42 Å². The molecule has 0 aliphatic carbocycles. The lowest BCUT2D eigenvalue weighted by Crippen LogP contribution is -2.50. The summed E-state index contributed by atoms with van der Waals surface area (Å²) in [6, 6.07) is 7.03. The number of hydrogen-bond acceptors (Lipinski definition) is 6. The first-order chi connectivity index (χ1) is 12.1. The van der Waals surface area contributed by atoms with E-state index < -0.39 is 0 Å². The summed E-state index contributed by atoms with van der Waals surface area (Å²) in [4.78, 5) is 5.02. The highest BCUT2D eigenvalue weighted by Crippen LogP contribution is 2.19. The fraction of sp³-hybridized carbons (Fsp3) is 0.556. The van der Waals surface area contributed by atoms with Gasteiger partial charge in [0.15, 0.2) is 0 Å². The second-order valence-corrected chi connectivity index (χ2v) is 7.57. The minimum Gasteiger partial charge on any atom is -0.359 e. The van der Waals surface area contributed by atoms with Crippen molar-refractivity contribution in [2.24, 2.45) is 0 Å². The van der Waals surface area contributed by atoms with Crippen molar-refractivity contribution in [2.45, 2.75) is 26.3 Å². The third-order valence-electron chi connectivity index (χ3n) is 4.76. The second-order valence-electron chi connectivity index (χ2n) is 6.50. The van der Waals surface area contributed by atoms with Crippen LogP contribution in [0.5, 0.6) is 0 Å². The summed E-state index contributed by atoms with van der Waals surface area (Å²) in [5.74, 6) is -0.211. The maximum absolute atomic E-state index is 13.0. The maximum Gasteiger partial charge on any atom is 0.205 e. The maximum atomic E-state index is 13.0. The van der Waals surface area contributed by atoms with E-state index in [0.717, 1.165) is 55.0 Å². The molecule has 0 spiro atoms. The molecule has 2 aromatic rings. The molecule has 7 heteroatoms. The molecule has 5 nitrogen and oxygen atoms in total. The van der Waals surface area contributed by atoms with Gasteiger partial charge < -0.3 is 10.2 Å². The number of rotatable bonds is 7. The smallest absolute Gasteiger partial charge is 0.205 e. The Hall–Kier alpha value is -1.57. The molecular weight excluding hydrogens is 337 g/mol. The Morgan fingerprint density at radius 2 is 1.88 bits per heavy atom. The monoisotopic (exact) mass is 363 g/mol. The van der Waals surface area contributed by atoms with Crippen molar-refractivity contribution in [2.75, 3.05) is 44.6 Å². The third-order valence-corrected chi connectivity index (χ3v) is 5.64. The summed E-state index contributed by atoms with van der Waals surface area (Å²) in [6.45, 7) is 11.1. The van der Waals surface area contributed by atoms with Gasteiger partial charge in [-0.2, -0.15) is 0 Å². The molecule has 25 heavy (non-hydrogen) atoms. The van der Waals surface area contributed by atoms with Crippen LogP contribution in [0, 0.1) is 5.82 Å². The van der Waals surface area contributed by atoms with Gasteiger partial charge in [0.2, 0.25) is 5.13 Å². The van der Waals surface area contributed by atoms with E-state index in [4.69, 9.17) is 0 Å². The number of hydrogen-bond donors (Lipinski definition) is 1. The average Bonchev–Trinajstić information content (AvgIpc) is 3.09. The lowest BCUT2D eigenvalue weighted by atomic mass is 10.2. The Labute approximate surface area is 152 Å². The van der Waals surface area contributed by atoms with E-state index >= 15 is 0 Å². The first-order valence-electron chi connectivity index (χ1n) is 8.91. The Kier molecular flexibility index (Phi) is 6.34. The molecule has 1 aliphatic heterocycles. The number of nitrogens with zero attached hydrogens (tertiary/aromatic N) is 4. The molecule has 0 bridgehead atoms.